The molecular weight excluding hydrogens is 158 g/mol. The van der Waals surface area contributed by atoms with Crippen molar-refractivity contribution in [1.29, 1.82) is 10.8 Å². The van der Waals surface area contributed by atoms with Crippen molar-refractivity contribution < 1.29 is 0 Å². The predicted octanol–water partition coefficient (Wildman–Crippen LogP) is 1.89. The van der Waals surface area contributed by atoms with E-state index in [0.29, 0.717) is 5.70 Å². The lowest BCUT2D eigenvalue weighted by Gasteiger charge is -2.13. The Balaban J connectivity index is 4.44. The van der Waals surface area contributed by atoms with Crippen molar-refractivity contribution >= 4 is 24.5 Å². The number of nitrogens with zero attached hydrogens (tertiary/aromatic N) is 1. The largest absolute Gasteiger partial charge is 0.307 e. The Morgan fingerprint density at radius 3 is 2.45 bits per heavy atom. The maximum absolute atomic E-state index is 7.00. The third-order valence-electron chi connectivity index (χ3n) is 1.00. The summed E-state index contributed by atoms with van der Waals surface area (Å²) in [4.78, 5) is 0. The molecule has 3 nitrogen and oxygen atoms in total. The van der Waals surface area contributed by atoms with Gasteiger partial charge in [-0.15, -0.1) is 0 Å². The fourth-order valence-corrected chi connectivity index (χ4v) is 0.968. The van der Waals surface area contributed by atoms with Crippen LogP contribution >= 0.6 is 11.9 Å². The SMILES string of the molecule is C=C/C=C(\C=N)N(C=N)SC. The molecule has 0 rings (SSSR count). The molecule has 0 unspecified atom stereocenters. The van der Waals surface area contributed by atoms with Crippen LogP contribution in [-0.4, -0.2) is 23.1 Å². The molecule has 60 valence electrons. The van der Waals surface area contributed by atoms with Gasteiger partial charge in [0.15, 0.2) is 0 Å². The summed E-state index contributed by atoms with van der Waals surface area (Å²) in [5.41, 5.74) is 0.641. The average Bonchev–Trinajstić information content (AvgIpc) is 2.05. The Morgan fingerprint density at radius 1 is 1.55 bits per heavy atom. The van der Waals surface area contributed by atoms with Crippen LogP contribution in [0.15, 0.2) is 24.4 Å². The average molecular weight is 169 g/mol. The summed E-state index contributed by atoms with van der Waals surface area (Å²) >= 11 is 1.37. The zero-order chi connectivity index (χ0) is 8.69. The lowest BCUT2D eigenvalue weighted by atomic mass is 10.4. The van der Waals surface area contributed by atoms with E-state index in [1.54, 1.807) is 16.5 Å². The highest BCUT2D eigenvalue weighted by molar-refractivity contribution is 7.96. The molecule has 11 heavy (non-hydrogen) atoms. The van der Waals surface area contributed by atoms with Crippen LogP contribution in [-0.2, 0) is 0 Å². The summed E-state index contributed by atoms with van der Waals surface area (Å²) in [6, 6.07) is 0. The molecule has 0 amide bonds. The molecule has 0 aliphatic carbocycles. The normalized spacial score (nSPS) is 10.5. The van der Waals surface area contributed by atoms with Crippen molar-refractivity contribution in [3.63, 3.8) is 0 Å². The fraction of sp³-hybridized carbons (Fsp3) is 0.143. The van der Waals surface area contributed by atoms with Gasteiger partial charge in [0.05, 0.1) is 12.0 Å². The van der Waals surface area contributed by atoms with E-state index in [2.05, 4.69) is 6.58 Å². The van der Waals surface area contributed by atoms with Gasteiger partial charge in [0.1, 0.15) is 0 Å². The molecule has 0 aromatic rings. The van der Waals surface area contributed by atoms with E-state index >= 15 is 0 Å². The van der Waals surface area contributed by atoms with Gasteiger partial charge >= 0.3 is 0 Å². The summed E-state index contributed by atoms with van der Waals surface area (Å²) in [5, 5.41) is 14.0. The van der Waals surface area contributed by atoms with Gasteiger partial charge in [0.2, 0.25) is 0 Å². The molecule has 2 N–H and O–H groups in total. The molecule has 0 bridgehead atoms. The third-order valence-corrected chi connectivity index (χ3v) is 1.71. The minimum Gasteiger partial charge on any atom is -0.307 e. The number of nitrogens with one attached hydrogen (secondary N) is 2. The van der Waals surface area contributed by atoms with Crippen molar-refractivity contribution in [3.8, 4) is 0 Å². The lowest BCUT2D eigenvalue weighted by Crippen LogP contribution is -2.11. The highest BCUT2D eigenvalue weighted by Gasteiger charge is 1.99. The van der Waals surface area contributed by atoms with E-state index < -0.39 is 0 Å². The van der Waals surface area contributed by atoms with Crippen LogP contribution in [0.2, 0.25) is 0 Å². The van der Waals surface area contributed by atoms with Crippen molar-refractivity contribution in [1.82, 2.24) is 4.31 Å². The number of hydrogen-bond donors (Lipinski definition) is 2. The minimum absolute atomic E-state index is 0.641. The molecule has 0 spiro atoms. The monoisotopic (exact) mass is 169 g/mol. The highest BCUT2D eigenvalue weighted by Crippen LogP contribution is 2.09. The Morgan fingerprint density at radius 2 is 2.18 bits per heavy atom. The molecule has 0 fully saturated rings. The summed E-state index contributed by atoms with van der Waals surface area (Å²) in [5.74, 6) is 0. The Bertz CT molecular complexity index is 186. The van der Waals surface area contributed by atoms with E-state index in [1.165, 1.54) is 18.2 Å². The van der Waals surface area contributed by atoms with E-state index in [-0.39, 0.29) is 0 Å². The van der Waals surface area contributed by atoms with E-state index in [1.807, 2.05) is 6.26 Å². The summed E-state index contributed by atoms with van der Waals surface area (Å²) in [6.45, 7) is 3.51. The topological polar surface area (TPSA) is 50.9 Å². The molecule has 0 atom stereocenters. The van der Waals surface area contributed by atoms with Crippen LogP contribution in [0.1, 0.15) is 0 Å². The van der Waals surface area contributed by atoms with Gasteiger partial charge in [-0.2, -0.15) is 0 Å². The Labute approximate surface area is 70.9 Å². The van der Waals surface area contributed by atoms with Gasteiger partial charge in [-0.25, -0.2) is 0 Å². The number of rotatable bonds is 5. The first-order valence-corrected chi connectivity index (χ1v) is 4.15. The van der Waals surface area contributed by atoms with Crippen LogP contribution in [0, 0.1) is 10.8 Å². The maximum atomic E-state index is 7.00. The standard InChI is InChI=1S/C7H11N3S/c1-3-4-7(5-8)10(6-9)11-2/h3-6,8-9H,1H2,2H3/b7-4+,8-5?,9-6?. The molecule has 4 heteroatoms. The third kappa shape index (κ3) is 3.04. The fourth-order valence-electron chi connectivity index (χ4n) is 0.539. The quantitative estimate of drug-likeness (QED) is 0.286. The second-order valence-corrected chi connectivity index (χ2v) is 2.37. The summed E-state index contributed by atoms with van der Waals surface area (Å²) in [7, 11) is 0. The molecule has 0 aromatic heterocycles. The molecular formula is C7H11N3S. The molecule has 0 aliphatic heterocycles. The zero-order valence-corrected chi connectivity index (χ0v) is 7.19. The second kappa shape index (κ2) is 5.73. The van der Waals surface area contributed by atoms with Crippen LogP contribution in [0.3, 0.4) is 0 Å². The number of allylic oxidation sites excluding steroid dienone is 3. The highest BCUT2D eigenvalue weighted by atomic mass is 32.2. The zero-order valence-electron chi connectivity index (χ0n) is 6.37. The lowest BCUT2D eigenvalue weighted by molar-refractivity contribution is 0.912. The van der Waals surface area contributed by atoms with Gasteiger partial charge in [0, 0.05) is 12.5 Å². The van der Waals surface area contributed by atoms with E-state index in [4.69, 9.17) is 10.8 Å². The van der Waals surface area contributed by atoms with Crippen molar-refractivity contribution in [3.05, 3.63) is 24.4 Å². The van der Waals surface area contributed by atoms with Gasteiger partial charge < -0.3 is 5.41 Å². The minimum atomic E-state index is 0.641. The van der Waals surface area contributed by atoms with Crippen molar-refractivity contribution in [2.75, 3.05) is 6.26 Å². The van der Waals surface area contributed by atoms with Gasteiger partial charge in [0.25, 0.3) is 0 Å². The van der Waals surface area contributed by atoms with Crippen LogP contribution in [0.25, 0.3) is 0 Å². The molecule has 0 aromatic carbocycles. The molecule has 0 heterocycles. The Hall–Kier alpha value is -1.03. The summed E-state index contributed by atoms with van der Waals surface area (Å²) < 4.78 is 1.56. The van der Waals surface area contributed by atoms with Crippen LogP contribution in [0.5, 0.6) is 0 Å². The molecule has 0 aliphatic rings. The first-order valence-electron chi connectivity index (χ1n) is 2.97. The van der Waals surface area contributed by atoms with E-state index in [9.17, 15) is 0 Å². The smallest absolute Gasteiger partial charge is 0.0966 e. The van der Waals surface area contributed by atoms with Crippen LogP contribution < -0.4 is 0 Å². The van der Waals surface area contributed by atoms with Crippen molar-refractivity contribution in [2.24, 2.45) is 0 Å². The van der Waals surface area contributed by atoms with Gasteiger partial charge in [-0.1, -0.05) is 12.7 Å². The van der Waals surface area contributed by atoms with E-state index in [0.717, 1.165) is 6.34 Å². The van der Waals surface area contributed by atoms with Crippen molar-refractivity contribution in [2.45, 2.75) is 0 Å². The second-order valence-electron chi connectivity index (χ2n) is 1.61. The first-order chi connectivity index (χ1) is 5.29. The Kier molecular flexibility index (Phi) is 5.20. The molecule has 0 saturated heterocycles. The molecule has 0 saturated carbocycles. The van der Waals surface area contributed by atoms with Gasteiger partial charge in [-0.3, -0.25) is 9.71 Å². The number of hydrogen-bond acceptors (Lipinski definition) is 3. The van der Waals surface area contributed by atoms with Crippen LogP contribution in [0.4, 0.5) is 0 Å². The first kappa shape index (κ1) is 9.97. The predicted molar refractivity (Wildman–Crippen MR) is 51.2 cm³/mol. The summed E-state index contributed by atoms with van der Waals surface area (Å²) in [6.07, 6.45) is 7.45. The maximum Gasteiger partial charge on any atom is 0.0966 e. The molecule has 0 radical (unpaired) electrons. The van der Waals surface area contributed by atoms with Gasteiger partial charge in [-0.05, 0) is 18.0 Å².